The topological polar surface area (TPSA) is 9.86 Å². The normalized spacial score (nSPS) is 12.7. The van der Waals surface area contributed by atoms with Gasteiger partial charge >= 0.3 is 196 Å². The van der Waals surface area contributed by atoms with Gasteiger partial charge in [-0.15, -0.1) is 0 Å². The molecule has 152 valence electrons. The fourth-order valence-corrected chi connectivity index (χ4v) is 9.04. The first-order valence-electron chi connectivity index (χ1n) is 10.8. The molecule has 4 heterocycles. The van der Waals surface area contributed by atoms with Crippen LogP contribution in [0.2, 0.25) is 0 Å². The average molecular weight is 540 g/mol. The van der Waals surface area contributed by atoms with Crippen molar-refractivity contribution >= 4 is 103 Å². The van der Waals surface area contributed by atoms with Crippen LogP contribution >= 0.6 is 0 Å². The number of benzene rings is 4. The third-order valence-corrected chi connectivity index (χ3v) is 10.9. The average Bonchev–Trinajstić information content (AvgIpc) is 3.55. The van der Waals surface area contributed by atoms with Crippen molar-refractivity contribution < 1.29 is 0 Å². The van der Waals surface area contributed by atoms with E-state index in [0.717, 1.165) is 0 Å². The van der Waals surface area contributed by atoms with Crippen LogP contribution in [-0.2, 0) is 14.1 Å². The van der Waals surface area contributed by atoms with Crippen molar-refractivity contribution in [3.63, 3.8) is 0 Å². The molecule has 0 atom stereocenters. The van der Waals surface area contributed by atoms with Crippen molar-refractivity contribution in [3.05, 3.63) is 70.5 Å². The summed E-state index contributed by atoms with van der Waals surface area (Å²) in [5.41, 5.74) is 5.31. The van der Waals surface area contributed by atoms with E-state index in [0.29, 0.717) is 29.0 Å². The first-order chi connectivity index (χ1) is 15.7. The van der Waals surface area contributed by atoms with E-state index in [2.05, 4.69) is 93.8 Å². The number of fused-ring (bicyclic) bond motifs is 9. The van der Waals surface area contributed by atoms with Crippen LogP contribution in [0.25, 0.3) is 73.7 Å². The number of nitrogens with zero attached hydrogens (tertiary/aromatic N) is 2. The van der Waals surface area contributed by atoms with Crippen molar-refractivity contribution in [2.45, 2.75) is 0 Å². The van der Waals surface area contributed by atoms with Crippen LogP contribution in [0.5, 0.6) is 0 Å². The quantitative estimate of drug-likeness (QED) is 0.193. The SMILES string of the molecule is Cn1c2cc3cc4[se]ccc4cc3cc2c2c1c1cc3cc4cc[se]c4cc3cc1n2C. The summed E-state index contributed by atoms with van der Waals surface area (Å²) >= 11 is 0.955. The molecule has 0 radical (unpaired) electrons. The second-order valence-corrected chi connectivity index (χ2v) is 12.8. The van der Waals surface area contributed by atoms with Gasteiger partial charge in [-0.05, 0) is 0 Å². The molecule has 0 bridgehead atoms. The van der Waals surface area contributed by atoms with E-state index in [-0.39, 0.29) is 0 Å². The summed E-state index contributed by atoms with van der Waals surface area (Å²) in [6.45, 7) is 0. The molecule has 0 unspecified atom stereocenters. The number of aryl methyl sites for hydroxylation is 2. The van der Waals surface area contributed by atoms with Crippen LogP contribution in [0, 0.1) is 0 Å². The monoisotopic (exact) mass is 542 g/mol. The Balaban J connectivity index is 1.56. The van der Waals surface area contributed by atoms with Gasteiger partial charge in [0.15, 0.2) is 0 Å². The van der Waals surface area contributed by atoms with Crippen LogP contribution < -0.4 is 0 Å². The molecule has 0 amide bonds. The van der Waals surface area contributed by atoms with Gasteiger partial charge in [-0.1, -0.05) is 0 Å². The summed E-state index contributed by atoms with van der Waals surface area (Å²) in [7, 11) is 4.46. The molecular formula is C28H18N2Se2. The minimum absolute atomic E-state index is 0.477. The van der Waals surface area contributed by atoms with Crippen LogP contribution in [-0.4, -0.2) is 38.1 Å². The Morgan fingerprint density at radius 3 is 1.41 bits per heavy atom. The molecule has 0 aliphatic heterocycles. The number of aromatic nitrogens is 2. The van der Waals surface area contributed by atoms with Gasteiger partial charge in [0.05, 0.1) is 0 Å². The van der Waals surface area contributed by atoms with E-state index in [1.54, 1.807) is 0 Å². The van der Waals surface area contributed by atoms with Crippen LogP contribution in [0.15, 0.2) is 70.5 Å². The zero-order chi connectivity index (χ0) is 21.1. The van der Waals surface area contributed by atoms with Crippen molar-refractivity contribution in [1.82, 2.24) is 9.13 Å². The Bertz CT molecular complexity index is 1910. The van der Waals surface area contributed by atoms with E-state index < -0.39 is 0 Å². The summed E-state index contributed by atoms with van der Waals surface area (Å²) in [4.78, 5) is 4.66. The maximum atomic E-state index is 2.41. The second-order valence-electron chi connectivity index (χ2n) is 8.87. The third kappa shape index (κ3) is 2.16. The number of hydrogen-bond acceptors (Lipinski definition) is 0. The van der Waals surface area contributed by atoms with Crippen molar-refractivity contribution in [1.29, 1.82) is 0 Å². The molecule has 4 heteroatoms. The summed E-state index contributed by atoms with van der Waals surface area (Å²) in [5, 5.41) is 10.9. The molecule has 8 rings (SSSR count). The standard InChI is InChI=1S/C28H18N2Se2/c1-29-23-11-19-13-25-15(3-5-31-25)7-17(19)9-21(23)28-27(29)22-10-18-8-16-4-6-32-26(16)14-20(18)12-24(22)30(28)2/h3-14H,1-2H3. The molecular weight excluding hydrogens is 522 g/mol. The molecule has 2 nitrogen and oxygen atoms in total. The fraction of sp³-hybridized carbons (Fsp3) is 0.0714. The molecule has 0 saturated heterocycles. The first kappa shape index (κ1) is 17.8. The van der Waals surface area contributed by atoms with Gasteiger partial charge in [0.25, 0.3) is 0 Å². The van der Waals surface area contributed by atoms with Gasteiger partial charge in [-0.3, -0.25) is 0 Å². The van der Waals surface area contributed by atoms with Gasteiger partial charge in [0, 0.05) is 0 Å². The van der Waals surface area contributed by atoms with E-state index >= 15 is 0 Å². The molecule has 4 aromatic heterocycles. The maximum absolute atomic E-state index is 2.41. The molecule has 0 aliphatic carbocycles. The summed E-state index contributed by atoms with van der Waals surface area (Å²) in [6.07, 6.45) is 0. The fourth-order valence-electron chi connectivity index (χ4n) is 5.60. The Labute approximate surface area is 195 Å². The van der Waals surface area contributed by atoms with E-state index in [1.807, 2.05) is 0 Å². The zero-order valence-electron chi connectivity index (χ0n) is 17.6. The summed E-state index contributed by atoms with van der Waals surface area (Å²) in [6, 6.07) is 23.7. The number of hydrogen-bond donors (Lipinski definition) is 0. The van der Waals surface area contributed by atoms with E-state index in [4.69, 9.17) is 0 Å². The predicted molar refractivity (Wildman–Crippen MR) is 141 cm³/mol. The van der Waals surface area contributed by atoms with Gasteiger partial charge in [-0.25, -0.2) is 0 Å². The summed E-state index contributed by atoms with van der Waals surface area (Å²) in [5.74, 6) is 0. The number of rotatable bonds is 0. The van der Waals surface area contributed by atoms with E-state index in [1.165, 1.54) is 73.7 Å². The van der Waals surface area contributed by atoms with E-state index in [9.17, 15) is 0 Å². The van der Waals surface area contributed by atoms with Crippen molar-refractivity contribution in [2.24, 2.45) is 14.1 Å². The predicted octanol–water partition coefficient (Wildman–Crippen LogP) is 6.55. The van der Waals surface area contributed by atoms with Crippen LogP contribution in [0.1, 0.15) is 0 Å². The molecule has 4 aromatic carbocycles. The summed E-state index contributed by atoms with van der Waals surface area (Å²) < 4.78 is 7.82. The third-order valence-electron chi connectivity index (χ3n) is 7.18. The van der Waals surface area contributed by atoms with Crippen LogP contribution in [0.3, 0.4) is 0 Å². The molecule has 32 heavy (non-hydrogen) atoms. The molecule has 0 saturated carbocycles. The molecule has 0 fully saturated rings. The Kier molecular flexibility index (Phi) is 3.32. The van der Waals surface area contributed by atoms with Crippen molar-refractivity contribution in [3.8, 4) is 0 Å². The van der Waals surface area contributed by atoms with Gasteiger partial charge < -0.3 is 0 Å². The Morgan fingerprint density at radius 2 is 0.938 bits per heavy atom. The first-order valence-corrected chi connectivity index (χ1v) is 14.5. The zero-order valence-corrected chi connectivity index (χ0v) is 21.1. The minimum atomic E-state index is 0.477. The second kappa shape index (κ2) is 5.98. The van der Waals surface area contributed by atoms with Gasteiger partial charge in [0.2, 0.25) is 0 Å². The molecule has 0 N–H and O–H groups in total. The van der Waals surface area contributed by atoms with Gasteiger partial charge in [0.1, 0.15) is 0 Å². The molecule has 0 aliphatic rings. The van der Waals surface area contributed by atoms with Crippen molar-refractivity contribution in [2.75, 3.05) is 0 Å². The molecule has 8 aromatic rings. The van der Waals surface area contributed by atoms with Gasteiger partial charge in [-0.2, -0.15) is 0 Å². The van der Waals surface area contributed by atoms with Crippen LogP contribution in [0.4, 0.5) is 0 Å². The Morgan fingerprint density at radius 1 is 0.500 bits per heavy atom. The Hall–Kier alpha value is -2.74. The molecule has 0 spiro atoms.